The molecule has 0 aliphatic rings. The topological polar surface area (TPSA) is 51.2 Å². The van der Waals surface area contributed by atoms with E-state index < -0.39 is 6.61 Å². The van der Waals surface area contributed by atoms with Crippen molar-refractivity contribution in [3.05, 3.63) is 64.4 Å². The molecule has 0 aliphatic carbocycles. The fourth-order valence-electron chi connectivity index (χ4n) is 2.25. The molecule has 27 heavy (non-hydrogen) atoms. The monoisotopic (exact) mass is 412 g/mol. The summed E-state index contributed by atoms with van der Waals surface area (Å²) in [7, 11) is 0. The molecule has 1 N–H and O–H groups in total. The molecule has 1 amide bonds. The fourth-order valence-corrected chi connectivity index (χ4v) is 3.30. The van der Waals surface area contributed by atoms with Gasteiger partial charge in [0.2, 0.25) is 5.91 Å². The highest BCUT2D eigenvalue weighted by molar-refractivity contribution is 7.13. The highest BCUT2D eigenvalue weighted by Gasteiger charge is 2.12. The standard InChI is InChI=1S/C18H12ClF3N2O2S/c19-14-7-12(5-6-15(14)26-18(21)22)23-16(25)8-13-9-27-17(24-13)10-1-3-11(20)4-2-10/h1-7,9,18H,8H2,(H,23,25). The average molecular weight is 413 g/mol. The molecule has 0 unspecified atom stereocenters. The van der Waals surface area contributed by atoms with Crippen LogP contribution in [0.5, 0.6) is 5.75 Å². The van der Waals surface area contributed by atoms with E-state index in [1.807, 2.05) is 0 Å². The SMILES string of the molecule is O=C(Cc1csc(-c2ccc(F)cc2)n1)Nc1ccc(OC(F)F)c(Cl)c1. The second-order valence-corrected chi connectivity index (χ2v) is 6.66. The maximum atomic E-state index is 13.0. The molecule has 0 radical (unpaired) electrons. The van der Waals surface area contributed by atoms with Gasteiger partial charge in [0.05, 0.1) is 17.1 Å². The van der Waals surface area contributed by atoms with Gasteiger partial charge >= 0.3 is 6.61 Å². The Hall–Kier alpha value is -2.58. The van der Waals surface area contributed by atoms with E-state index in [1.54, 1.807) is 17.5 Å². The normalized spacial score (nSPS) is 10.9. The first kappa shape index (κ1) is 19.2. The highest BCUT2D eigenvalue weighted by Crippen LogP contribution is 2.29. The van der Waals surface area contributed by atoms with Gasteiger partial charge in [-0.1, -0.05) is 11.6 Å². The van der Waals surface area contributed by atoms with Gasteiger partial charge in [-0.3, -0.25) is 4.79 Å². The molecule has 9 heteroatoms. The van der Waals surface area contributed by atoms with Crippen LogP contribution in [0, 0.1) is 5.82 Å². The molecule has 0 saturated carbocycles. The first-order valence-electron chi connectivity index (χ1n) is 7.65. The first-order chi connectivity index (χ1) is 12.9. The number of nitrogens with one attached hydrogen (secondary N) is 1. The Morgan fingerprint density at radius 1 is 1.22 bits per heavy atom. The summed E-state index contributed by atoms with van der Waals surface area (Å²) >= 11 is 7.20. The third-order valence-electron chi connectivity index (χ3n) is 3.42. The number of rotatable bonds is 6. The number of hydrogen-bond donors (Lipinski definition) is 1. The zero-order chi connectivity index (χ0) is 19.4. The van der Waals surface area contributed by atoms with Crippen molar-refractivity contribution in [1.29, 1.82) is 0 Å². The van der Waals surface area contributed by atoms with Crippen LogP contribution >= 0.6 is 22.9 Å². The van der Waals surface area contributed by atoms with Gasteiger partial charge in [-0.2, -0.15) is 8.78 Å². The predicted octanol–water partition coefficient (Wildman–Crippen LogP) is 5.39. The van der Waals surface area contributed by atoms with Crippen molar-refractivity contribution < 1.29 is 22.7 Å². The molecular weight excluding hydrogens is 401 g/mol. The van der Waals surface area contributed by atoms with Crippen molar-refractivity contribution in [2.75, 3.05) is 5.32 Å². The van der Waals surface area contributed by atoms with Gasteiger partial charge in [0.1, 0.15) is 16.6 Å². The van der Waals surface area contributed by atoms with E-state index in [0.29, 0.717) is 16.4 Å². The minimum atomic E-state index is -2.98. The summed E-state index contributed by atoms with van der Waals surface area (Å²) in [6, 6.07) is 9.89. The Bertz CT molecular complexity index is 948. The van der Waals surface area contributed by atoms with Crippen LogP contribution in [0.4, 0.5) is 18.9 Å². The van der Waals surface area contributed by atoms with Gasteiger partial charge in [0, 0.05) is 16.6 Å². The number of hydrogen-bond acceptors (Lipinski definition) is 4. The Kier molecular flexibility index (Phi) is 5.98. The molecule has 4 nitrogen and oxygen atoms in total. The number of carbonyl (C=O) groups is 1. The summed E-state index contributed by atoms with van der Waals surface area (Å²) in [6.07, 6.45) is 0.0185. The molecule has 0 bridgehead atoms. The highest BCUT2D eigenvalue weighted by atomic mass is 35.5. The second-order valence-electron chi connectivity index (χ2n) is 5.40. The Balaban J connectivity index is 1.63. The summed E-state index contributed by atoms with van der Waals surface area (Å²) in [4.78, 5) is 16.5. The first-order valence-corrected chi connectivity index (χ1v) is 8.91. The minimum absolute atomic E-state index is 0.0185. The third kappa shape index (κ3) is 5.21. The summed E-state index contributed by atoms with van der Waals surface area (Å²) in [5.74, 6) is -0.851. The van der Waals surface area contributed by atoms with Gasteiger partial charge in [0.15, 0.2) is 0 Å². The number of ether oxygens (including phenoxy) is 1. The molecule has 0 saturated heterocycles. The van der Waals surface area contributed by atoms with Crippen LogP contribution in [0.15, 0.2) is 47.8 Å². The van der Waals surface area contributed by atoms with Crippen molar-refractivity contribution in [3.63, 3.8) is 0 Å². The smallest absolute Gasteiger partial charge is 0.387 e. The number of carbonyl (C=O) groups excluding carboxylic acids is 1. The number of anilines is 1. The van der Waals surface area contributed by atoms with Gasteiger partial charge in [-0.05, 0) is 42.5 Å². The molecule has 0 spiro atoms. The molecule has 0 fully saturated rings. The van der Waals surface area contributed by atoms with Crippen LogP contribution in [-0.2, 0) is 11.2 Å². The van der Waals surface area contributed by atoms with E-state index in [4.69, 9.17) is 11.6 Å². The molecular formula is C18H12ClF3N2O2S. The van der Waals surface area contributed by atoms with E-state index in [9.17, 15) is 18.0 Å². The quantitative estimate of drug-likeness (QED) is 0.591. The average Bonchev–Trinajstić information content (AvgIpc) is 3.06. The molecule has 140 valence electrons. The lowest BCUT2D eigenvalue weighted by Gasteiger charge is -2.09. The van der Waals surface area contributed by atoms with Crippen LogP contribution in [0.3, 0.4) is 0 Å². The summed E-state index contributed by atoms with van der Waals surface area (Å²) in [5.41, 5.74) is 1.66. The zero-order valence-electron chi connectivity index (χ0n) is 13.6. The van der Waals surface area contributed by atoms with Crippen LogP contribution < -0.4 is 10.1 Å². The van der Waals surface area contributed by atoms with Crippen molar-refractivity contribution >= 4 is 34.5 Å². The van der Waals surface area contributed by atoms with Crippen molar-refractivity contribution in [2.24, 2.45) is 0 Å². The van der Waals surface area contributed by atoms with Gasteiger partial charge in [-0.25, -0.2) is 9.37 Å². The summed E-state index contributed by atoms with van der Waals surface area (Å²) in [5, 5.41) is 4.99. The zero-order valence-corrected chi connectivity index (χ0v) is 15.2. The molecule has 2 aromatic carbocycles. The van der Waals surface area contributed by atoms with Gasteiger partial charge < -0.3 is 10.1 Å². The number of thiazole rings is 1. The van der Waals surface area contributed by atoms with Crippen molar-refractivity contribution in [3.8, 4) is 16.3 Å². The number of alkyl halides is 2. The third-order valence-corrected chi connectivity index (χ3v) is 4.65. The lowest BCUT2D eigenvalue weighted by Crippen LogP contribution is -2.14. The molecule has 1 aromatic heterocycles. The lowest BCUT2D eigenvalue weighted by atomic mass is 10.2. The van der Waals surface area contributed by atoms with E-state index in [-0.39, 0.29) is 28.9 Å². The number of benzene rings is 2. The molecule has 3 rings (SSSR count). The molecule has 0 aliphatic heterocycles. The molecule has 0 atom stereocenters. The van der Waals surface area contributed by atoms with Crippen LogP contribution in [0.25, 0.3) is 10.6 Å². The van der Waals surface area contributed by atoms with Crippen LogP contribution in [0.2, 0.25) is 5.02 Å². The van der Waals surface area contributed by atoms with Crippen molar-refractivity contribution in [1.82, 2.24) is 4.98 Å². The maximum Gasteiger partial charge on any atom is 0.387 e. The van der Waals surface area contributed by atoms with E-state index in [0.717, 1.165) is 5.56 Å². The van der Waals surface area contributed by atoms with Crippen LogP contribution in [0.1, 0.15) is 5.69 Å². The number of nitrogens with zero attached hydrogens (tertiary/aromatic N) is 1. The Labute approximate surface area is 161 Å². The predicted molar refractivity (Wildman–Crippen MR) is 97.9 cm³/mol. The fraction of sp³-hybridized carbons (Fsp3) is 0.111. The lowest BCUT2D eigenvalue weighted by molar-refractivity contribution is -0.115. The van der Waals surface area contributed by atoms with Crippen LogP contribution in [-0.4, -0.2) is 17.5 Å². The maximum absolute atomic E-state index is 13.0. The number of amides is 1. The van der Waals surface area contributed by atoms with E-state index >= 15 is 0 Å². The van der Waals surface area contributed by atoms with Gasteiger partial charge in [-0.15, -0.1) is 11.3 Å². The van der Waals surface area contributed by atoms with Crippen molar-refractivity contribution in [2.45, 2.75) is 13.0 Å². The molecule has 1 heterocycles. The summed E-state index contributed by atoms with van der Waals surface area (Å²) in [6.45, 7) is -2.98. The minimum Gasteiger partial charge on any atom is -0.433 e. The molecule has 3 aromatic rings. The van der Waals surface area contributed by atoms with Gasteiger partial charge in [0.25, 0.3) is 0 Å². The summed E-state index contributed by atoms with van der Waals surface area (Å²) < 4.78 is 41.7. The second kappa shape index (κ2) is 8.41. The van der Waals surface area contributed by atoms with E-state index in [1.165, 1.54) is 41.7 Å². The largest absolute Gasteiger partial charge is 0.433 e. The number of halogens is 4. The Morgan fingerprint density at radius 3 is 2.63 bits per heavy atom. The van der Waals surface area contributed by atoms with E-state index in [2.05, 4.69) is 15.0 Å². The Morgan fingerprint density at radius 2 is 1.96 bits per heavy atom. The number of aromatic nitrogens is 1.